The van der Waals surface area contributed by atoms with Gasteiger partial charge in [0.25, 0.3) is 0 Å². The minimum atomic E-state index is -3.99. The average Bonchev–Trinajstić information content (AvgIpc) is 3.42. The van der Waals surface area contributed by atoms with Crippen molar-refractivity contribution < 1.29 is 22.4 Å². The van der Waals surface area contributed by atoms with Crippen molar-refractivity contribution in [3.05, 3.63) is 123 Å². The molecule has 1 aromatic heterocycles. The van der Waals surface area contributed by atoms with E-state index in [-0.39, 0.29) is 23.7 Å². The fraction of sp³-hybridized carbons (Fsp3) is 0.138. The molecule has 0 unspecified atom stereocenters. The van der Waals surface area contributed by atoms with Crippen LogP contribution in [0, 0.1) is 0 Å². The van der Waals surface area contributed by atoms with E-state index in [9.17, 15) is 18.0 Å². The van der Waals surface area contributed by atoms with Crippen molar-refractivity contribution in [3.63, 3.8) is 0 Å². The summed E-state index contributed by atoms with van der Waals surface area (Å²) in [6, 6.07) is 23.3. The van der Waals surface area contributed by atoms with Crippen LogP contribution in [0.15, 0.2) is 99.3 Å². The van der Waals surface area contributed by atoms with Crippen LogP contribution >= 0.6 is 34.8 Å². The van der Waals surface area contributed by atoms with Gasteiger partial charge in [-0.1, -0.05) is 71.2 Å². The largest absolute Gasteiger partial charge is 0.459 e. The van der Waals surface area contributed by atoms with Gasteiger partial charge in [-0.15, -0.1) is 0 Å². The van der Waals surface area contributed by atoms with E-state index in [1.54, 1.807) is 30.3 Å². The lowest BCUT2D eigenvalue weighted by Gasteiger charge is -2.22. The van der Waals surface area contributed by atoms with Crippen LogP contribution in [0.4, 0.5) is 0 Å². The molecule has 0 aliphatic heterocycles. The highest BCUT2D eigenvalue weighted by Gasteiger charge is 2.26. The molecule has 0 fully saturated rings. The summed E-state index contributed by atoms with van der Waals surface area (Å²) in [4.78, 5) is 24.1. The number of amides is 2. The van der Waals surface area contributed by atoms with Crippen LogP contribution in [0.3, 0.4) is 0 Å². The first kappa shape index (κ1) is 31.3. The Hall–Kier alpha value is -3.67. The van der Waals surface area contributed by atoms with Crippen LogP contribution in [-0.4, -0.2) is 37.3 Å². The molecule has 4 aromatic rings. The maximum atomic E-state index is 13.5. The molecule has 0 saturated heterocycles. The number of furan rings is 1. The van der Waals surface area contributed by atoms with Crippen LogP contribution in [0.5, 0.6) is 0 Å². The number of carbonyl (C=O) groups excluding carboxylic acids is 2. The third kappa shape index (κ3) is 8.67. The quantitative estimate of drug-likeness (QED) is 0.128. The zero-order valence-corrected chi connectivity index (χ0v) is 25.1. The summed E-state index contributed by atoms with van der Waals surface area (Å²) < 4.78 is 34.0. The average molecular weight is 648 g/mol. The van der Waals surface area contributed by atoms with Crippen molar-refractivity contribution in [2.45, 2.75) is 24.4 Å². The van der Waals surface area contributed by atoms with Crippen LogP contribution in [0.1, 0.15) is 22.6 Å². The van der Waals surface area contributed by atoms with Gasteiger partial charge in [0.2, 0.25) is 10.0 Å². The zero-order valence-electron chi connectivity index (χ0n) is 22.0. The van der Waals surface area contributed by atoms with E-state index in [1.807, 2.05) is 30.3 Å². The molecule has 2 amide bonds. The second-order valence-corrected chi connectivity index (χ2v) is 12.2. The first-order chi connectivity index (χ1) is 20.1. The van der Waals surface area contributed by atoms with Gasteiger partial charge in [0.15, 0.2) is 0 Å². The highest BCUT2D eigenvalue weighted by molar-refractivity contribution is 7.89. The summed E-state index contributed by atoms with van der Waals surface area (Å²) >= 11 is 18.1. The second kappa shape index (κ2) is 14.5. The second-order valence-electron chi connectivity index (χ2n) is 8.97. The molecular weight excluding hydrogens is 623 g/mol. The molecule has 13 heteroatoms. The van der Waals surface area contributed by atoms with Gasteiger partial charge in [0.05, 0.1) is 27.7 Å². The van der Waals surface area contributed by atoms with Crippen molar-refractivity contribution >= 4 is 62.9 Å². The van der Waals surface area contributed by atoms with Crippen molar-refractivity contribution in [2.24, 2.45) is 5.10 Å². The number of sulfonamides is 1. The van der Waals surface area contributed by atoms with Crippen LogP contribution in [-0.2, 0) is 39.1 Å². The first-order valence-corrected chi connectivity index (χ1v) is 15.1. The van der Waals surface area contributed by atoms with Gasteiger partial charge in [-0.2, -0.15) is 9.41 Å². The zero-order chi connectivity index (χ0) is 30.1. The lowest BCUT2D eigenvalue weighted by Crippen LogP contribution is -2.38. The number of nitrogens with zero attached hydrogens (tertiary/aromatic N) is 2. The van der Waals surface area contributed by atoms with Crippen LogP contribution < -0.4 is 10.7 Å². The molecule has 1 heterocycles. The van der Waals surface area contributed by atoms with E-state index >= 15 is 0 Å². The fourth-order valence-corrected chi connectivity index (χ4v) is 5.64. The van der Waals surface area contributed by atoms with Crippen LogP contribution in [0.25, 0.3) is 0 Å². The van der Waals surface area contributed by atoms with E-state index in [4.69, 9.17) is 39.2 Å². The molecule has 0 atom stereocenters. The van der Waals surface area contributed by atoms with Gasteiger partial charge in [0.1, 0.15) is 11.5 Å². The standard InChI is InChI=1S/C29H25Cl3N4O5S/c30-22-7-11-25(12-8-22)42(39,40)36(18-21-6-13-26(31)27(32)16-21)19-24-10-9-23(41-24)17-34-35-29(38)28(37)33-15-14-20-4-2-1-3-5-20/h1-13,16-17H,14-15,18-19H2,(H,33,37)(H,35,38)/b34-17+. The molecule has 42 heavy (non-hydrogen) atoms. The third-order valence-electron chi connectivity index (χ3n) is 5.92. The Balaban J connectivity index is 1.40. The number of hydrogen-bond acceptors (Lipinski definition) is 6. The molecule has 0 saturated carbocycles. The van der Waals surface area contributed by atoms with Crippen molar-refractivity contribution in [2.75, 3.05) is 6.54 Å². The number of rotatable bonds is 11. The number of benzene rings is 3. The molecule has 3 aromatic carbocycles. The molecule has 218 valence electrons. The van der Waals surface area contributed by atoms with E-state index in [1.165, 1.54) is 34.8 Å². The summed E-state index contributed by atoms with van der Waals surface area (Å²) in [5.74, 6) is -1.23. The Labute approximate surface area is 258 Å². The Morgan fingerprint density at radius 3 is 2.29 bits per heavy atom. The van der Waals surface area contributed by atoms with Gasteiger partial charge < -0.3 is 9.73 Å². The van der Waals surface area contributed by atoms with Crippen molar-refractivity contribution in [1.82, 2.24) is 15.0 Å². The number of halogens is 3. The maximum Gasteiger partial charge on any atom is 0.329 e. The monoisotopic (exact) mass is 646 g/mol. The lowest BCUT2D eigenvalue weighted by molar-refractivity contribution is -0.139. The highest BCUT2D eigenvalue weighted by Crippen LogP contribution is 2.27. The number of hydrogen-bond donors (Lipinski definition) is 2. The molecule has 4 rings (SSSR count). The van der Waals surface area contributed by atoms with E-state index < -0.39 is 21.8 Å². The summed E-state index contributed by atoms with van der Waals surface area (Å²) in [5, 5.41) is 7.33. The Morgan fingerprint density at radius 2 is 1.57 bits per heavy atom. The third-order valence-corrected chi connectivity index (χ3v) is 8.71. The van der Waals surface area contributed by atoms with Gasteiger partial charge in [-0.05, 0) is 66.1 Å². The Bertz CT molecular complexity index is 1680. The molecule has 0 bridgehead atoms. The summed E-state index contributed by atoms with van der Waals surface area (Å²) in [6.07, 6.45) is 1.78. The minimum Gasteiger partial charge on any atom is -0.459 e. The predicted octanol–water partition coefficient (Wildman–Crippen LogP) is 5.44. The highest BCUT2D eigenvalue weighted by atomic mass is 35.5. The maximum absolute atomic E-state index is 13.5. The molecule has 0 aliphatic carbocycles. The van der Waals surface area contributed by atoms with Crippen molar-refractivity contribution in [3.8, 4) is 0 Å². The fourth-order valence-electron chi connectivity index (χ4n) is 3.80. The molecule has 2 N–H and O–H groups in total. The van der Waals surface area contributed by atoms with E-state index in [2.05, 4.69) is 15.8 Å². The molecule has 0 radical (unpaired) electrons. The minimum absolute atomic E-state index is 0.0264. The molecular formula is C29H25Cl3N4O5S. The summed E-state index contributed by atoms with van der Waals surface area (Å²) in [5.41, 5.74) is 3.78. The molecule has 0 spiro atoms. The van der Waals surface area contributed by atoms with Gasteiger partial charge in [-0.25, -0.2) is 13.8 Å². The Kier molecular flexibility index (Phi) is 10.8. The molecule has 9 nitrogen and oxygen atoms in total. The Morgan fingerprint density at radius 1 is 0.833 bits per heavy atom. The normalized spacial score (nSPS) is 11.6. The number of nitrogens with one attached hydrogen (secondary N) is 2. The SMILES string of the molecule is O=C(NCCc1ccccc1)C(=O)N/N=C/c1ccc(CN(Cc2ccc(Cl)c(Cl)c2)S(=O)(=O)c2ccc(Cl)cc2)o1. The van der Waals surface area contributed by atoms with Crippen molar-refractivity contribution in [1.29, 1.82) is 0 Å². The lowest BCUT2D eigenvalue weighted by atomic mass is 10.1. The summed E-state index contributed by atoms with van der Waals surface area (Å²) in [7, 11) is -3.99. The molecule has 0 aliphatic rings. The van der Waals surface area contributed by atoms with Gasteiger partial charge in [0, 0.05) is 18.1 Å². The van der Waals surface area contributed by atoms with Crippen LogP contribution in [0.2, 0.25) is 15.1 Å². The topological polar surface area (TPSA) is 121 Å². The number of carbonyl (C=O) groups is 2. The number of hydrazone groups is 1. The summed E-state index contributed by atoms with van der Waals surface area (Å²) in [6.45, 7) is 0.135. The van der Waals surface area contributed by atoms with Gasteiger partial charge >= 0.3 is 11.8 Å². The van der Waals surface area contributed by atoms with E-state index in [0.717, 1.165) is 5.56 Å². The predicted molar refractivity (Wildman–Crippen MR) is 162 cm³/mol. The smallest absolute Gasteiger partial charge is 0.329 e. The van der Waals surface area contributed by atoms with E-state index in [0.29, 0.717) is 39.4 Å². The first-order valence-electron chi connectivity index (χ1n) is 12.6. The van der Waals surface area contributed by atoms with Gasteiger partial charge in [-0.3, -0.25) is 9.59 Å².